The summed E-state index contributed by atoms with van der Waals surface area (Å²) in [5, 5.41) is 17.9. The number of benzene rings is 2. The first-order valence-electron chi connectivity index (χ1n) is 8.60. The summed E-state index contributed by atoms with van der Waals surface area (Å²) in [5.74, 6) is -0.813. The Bertz CT molecular complexity index is 891. The van der Waals surface area contributed by atoms with Gasteiger partial charge in [-0.1, -0.05) is 0 Å². The summed E-state index contributed by atoms with van der Waals surface area (Å²) in [6, 6.07) is 12.3. The highest BCUT2D eigenvalue weighted by Gasteiger charge is 2.14. The van der Waals surface area contributed by atoms with E-state index in [1.807, 2.05) is 31.0 Å². The SMILES string of the molecule is CC1=NN(c2ccc(C(=O)Nc3ccc(OCC(=O)O)cc3C)cc2)CC1. The summed E-state index contributed by atoms with van der Waals surface area (Å²) in [6.45, 7) is 4.27. The van der Waals surface area contributed by atoms with E-state index in [9.17, 15) is 9.59 Å². The summed E-state index contributed by atoms with van der Waals surface area (Å²) < 4.78 is 5.13. The van der Waals surface area contributed by atoms with Crippen LogP contribution in [0.25, 0.3) is 0 Å². The van der Waals surface area contributed by atoms with Crippen molar-refractivity contribution in [2.24, 2.45) is 5.10 Å². The fraction of sp³-hybridized carbons (Fsp3) is 0.250. The molecule has 140 valence electrons. The largest absolute Gasteiger partial charge is 0.482 e. The molecule has 0 bridgehead atoms. The van der Waals surface area contributed by atoms with Gasteiger partial charge in [0.25, 0.3) is 5.91 Å². The van der Waals surface area contributed by atoms with Crippen molar-refractivity contribution < 1.29 is 19.4 Å². The Kier molecular flexibility index (Phi) is 5.40. The zero-order valence-corrected chi connectivity index (χ0v) is 15.2. The van der Waals surface area contributed by atoms with Crippen LogP contribution < -0.4 is 15.1 Å². The minimum Gasteiger partial charge on any atom is -0.482 e. The third kappa shape index (κ3) is 4.63. The van der Waals surface area contributed by atoms with Crippen molar-refractivity contribution in [1.29, 1.82) is 0 Å². The second-order valence-electron chi connectivity index (χ2n) is 6.37. The maximum atomic E-state index is 12.5. The van der Waals surface area contributed by atoms with E-state index in [-0.39, 0.29) is 5.91 Å². The predicted molar refractivity (Wildman–Crippen MR) is 104 cm³/mol. The highest BCUT2D eigenvalue weighted by atomic mass is 16.5. The number of nitrogens with one attached hydrogen (secondary N) is 1. The van der Waals surface area contributed by atoms with Crippen LogP contribution in [0.2, 0.25) is 0 Å². The first-order valence-corrected chi connectivity index (χ1v) is 8.60. The zero-order valence-electron chi connectivity index (χ0n) is 15.2. The molecule has 0 unspecified atom stereocenters. The third-order valence-corrected chi connectivity index (χ3v) is 4.21. The average molecular weight is 367 g/mol. The van der Waals surface area contributed by atoms with E-state index in [0.717, 1.165) is 29.9 Å². The van der Waals surface area contributed by atoms with E-state index in [1.54, 1.807) is 30.3 Å². The summed E-state index contributed by atoms with van der Waals surface area (Å²) in [7, 11) is 0. The molecule has 1 aliphatic heterocycles. The Morgan fingerprint density at radius 1 is 1.19 bits per heavy atom. The Balaban J connectivity index is 1.65. The smallest absolute Gasteiger partial charge is 0.341 e. The van der Waals surface area contributed by atoms with Gasteiger partial charge in [0, 0.05) is 29.9 Å². The summed E-state index contributed by atoms with van der Waals surface area (Å²) in [4.78, 5) is 23.0. The molecule has 2 N–H and O–H groups in total. The quantitative estimate of drug-likeness (QED) is 0.817. The van der Waals surface area contributed by atoms with Gasteiger partial charge in [0.15, 0.2) is 6.61 Å². The number of carboxylic acids is 1. The van der Waals surface area contributed by atoms with Gasteiger partial charge >= 0.3 is 5.97 Å². The summed E-state index contributed by atoms with van der Waals surface area (Å²) in [6.07, 6.45) is 0.952. The lowest BCUT2D eigenvalue weighted by molar-refractivity contribution is -0.139. The van der Waals surface area contributed by atoms with Crippen LogP contribution in [-0.2, 0) is 4.79 Å². The third-order valence-electron chi connectivity index (χ3n) is 4.21. The van der Waals surface area contributed by atoms with E-state index in [2.05, 4.69) is 10.4 Å². The lowest BCUT2D eigenvalue weighted by Gasteiger charge is -2.14. The molecule has 0 atom stereocenters. The van der Waals surface area contributed by atoms with Gasteiger partial charge in [-0.25, -0.2) is 4.79 Å². The van der Waals surface area contributed by atoms with Gasteiger partial charge in [0.2, 0.25) is 0 Å². The Morgan fingerprint density at radius 3 is 2.52 bits per heavy atom. The van der Waals surface area contributed by atoms with Crippen molar-refractivity contribution in [1.82, 2.24) is 0 Å². The molecule has 0 fully saturated rings. The molecular formula is C20H21N3O4. The minimum absolute atomic E-state index is 0.218. The fourth-order valence-electron chi connectivity index (χ4n) is 2.75. The maximum Gasteiger partial charge on any atom is 0.341 e. The molecule has 2 aromatic rings. The van der Waals surface area contributed by atoms with Crippen molar-refractivity contribution in [3.05, 3.63) is 53.6 Å². The number of aryl methyl sites for hydroxylation is 1. The van der Waals surface area contributed by atoms with Crippen molar-refractivity contribution in [3.63, 3.8) is 0 Å². The summed E-state index contributed by atoms with van der Waals surface area (Å²) >= 11 is 0. The number of anilines is 2. The maximum absolute atomic E-state index is 12.5. The van der Waals surface area contributed by atoms with Crippen LogP contribution >= 0.6 is 0 Å². The molecule has 0 spiro atoms. The number of hydrazone groups is 1. The van der Waals surface area contributed by atoms with Crippen LogP contribution in [-0.4, -0.2) is 35.8 Å². The van der Waals surface area contributed by atoms with E-state index in [4.69, 9.17) is 9.84 Å². The summed E-state index contributed by atoms with van der Waals surface area (Å²) in [5.41, 5.74) is 4.03. The fourth-order valence-corrected chi connectivity index (χ4v) is 2.75. The number of hydrogen-bond acceptors (Lipinski definition) is 5. The molecule has 0 aromatic heterocycles. The van der Waals surface area contributed by atoms with Gasteiger partial charge in [-0.3, -0.25) is 9.80 Å². The molecule has 2 aromatic carbocycles. The van der Waals surface area contributed by atoms with Crippen molar-refractivity contribution in [2.75, 3.05) is 23.5 Å². The Hall–Kier alpha value is -3.35. The lowest BCUT2D eigenvalue weighted by atomic mass is 10.1. The molecular weight excluding hydrogens is 346 g/mol. The van der Waals surface area contributed by atoms with Crippen molar-refractivity contribution in [2.45, 2.75) is 20.3 Å². The number of amides is 1. The van der Waals surface area contributed by atoms with Crippen molar-refractivity contribution in [3.8, 4) is 5.75 Å². The second kappa shape index (κ2) is 7.90. The van der Waals surface area contributed by atoms with E-state index in [0.29, 0.717) is 17.0 Å². The first-order chi connectivity index (χ1) is 12.9. The van der Waals surface area contributed by atoms with Crippen LogP contribution in [0, 0.1) is 6.92 Å². The molecule has 7 heteroatoms. The van der Waals surface area contributed by atoms with Gasteiger partial charge in [-0.15, -0.1) is 0 Å². The van der Waals surface area contributed by atoms with Crippen molar-refractivity contribution >= 4 is 29.0 Å². The zero-order chi connectivity index (χ0) is 19.4. The first kappa shape index (κ1) is 18.4. The highest BCUT2D eigenvalue weighted by Crippen LogP contribution is 2.23. The highest BCUT2D eigenvalue weighted by molar-refractivity contribution is 6.04. The number of carbonyl (C=O) groups is 2. The van der Waals surface area contributed by atoms with Crippen LogP contribution in [0.15, 0.2) is 47.6 Å². The molecule has 1 aliphatic rings. The number of carboxylic acid groups (broad SMARTS) is 1. The normalized spacial score (nSPS) is 13.3. The lowest BCUT2D eigenvalue weighted by Crippen LogP contribution is -2.15. The van der Waals surface area contributed by atoms with E-state index < -0.39 is 12.6 Å². The topological polar surface area (TPSA) is 91.2 Å². The van der Waals surface area contributed by atoms with Gasteiger partial charge in [-0.05, 0) is 61.9 Å². The molecule has 3 rings (SSSR count). The number of aliphatic carboxylic acids is 1. The number of hydrogen-bond donors (Lipinski definition) is 2. The minimum atomic E-state index is -1.04. The molecule has 27 heavy (non-hydrogen) atoms. The molecule has 0 radical (unpaired) electrons. The monoisotopic (exact) mass is 367 g/mol. The Labute approximate surface area is 157 Å². The predicted octanol–water partition coefficient (Wildman–Crippen LogP) is 3.30. The van der Waals surface area contributed by atoms with Gasteiger partial charge in [-0.2, -0.15) is 5.10 Å². The standard InChI is InChI=1S/C20H21N3O4/c1-13-11-17(27-12-19(24)25)7-8-18(13)21-20(26)15-3-5-16(6-4-15)23-10-9-14(2)22-23/h3-8,11H,9-10,12H2,1-2H3,(H,21,26)(H,24,25). The number of ether oxygens (including phenoxy) is 1. The molecule has 1 amide bonds. The van der Waals surface area contributed by atoms with Gasteiger partial charge < -0.3 is 15.2 Å². The molecule has 1 heterocycles. The van der Waals surface area contributed by atoms with Crippen LogP contribution in [0.5, 0.6) is 5.75 Å². The van der Waals surface area contributed by atoms with E-state index >= 15 is 0 Å². The van der Waals surface area contributed by atoms with Gasteiger partial charge in [0.1, 0.15) is 5.75 Å². The van der Waals surface area contributed by atoms with Crippen LogP contribution in [0.1, 0.15) is 29.3 Å². The number of carbonyl (C=O) groups excluding carboxylic acids is 1. The molecule has 0 saturated carbocycles. The number of rotatable bonds is 6. The van der Waals surface area contributed by atoms with Crippen LogP contribution in [0.3, 0.4) is 0 Å². The average Bonchev–Trinajstić information content (AvgIpc) is 3.08. The Morgan fingerprint density at radius 2 is 1.93 bits per heavy atom. The van der Waals surface area contributed by atoms with Crippen LogP contribution in [0.4, 0.5) is 11.4 Å². The van der Waals surface area contributed by atoms with E-state index in [1.165, 1.54) is 0 Å². The molecule has 7 nitrogen and oxygen atoms in total. The second-order valence-corrected chi connectivity index (χ2v) is 6.37. The number of nitrogens with zero attached hydrogens (tertiary/aromatic N) is 2. The van der Waals surface area contributed by atoms with Gasteiger partial charge in [0.05, 0.1) is 5.69 Å². The molecule has 0 saturated heterocycles. The molecule has 0 aliphatic carbocycles.